The van der Waals surface area contributed by atoms with Gasteiger partial charge in [-0.05, 0) is 37.5 Å². The Morgan fingerprint density at radius 3 is 3.12 bits per heavy atom. The van der Waals surface area contributed by atoms with Gasteiger partial charge in [0.2, 0.25) is 6.79 Å². The Kier molecular flexibility index (Phi) is 4.10. The summed E-state index contributed by atoms with van der Waals surface area (Å²) in [5.74, 6) is 1.37. The molecule has 0 unspecified atom stereocenters. The molecule has 2 atom stereocenters. The van der Waals surface area contributed by atoms with E-state index in [0.29, 0.717) is 36.8 Å². The molecule has 1 aromatic rings. The maximum atomic E-state index is 13.0. The van der Waals surface area contributed by atoms with E-state index in [1.54, 1.807) is 19.2 Å². The highest BCUT2D eigenvalue weighted by molar-refractivity contribution is 5.95. The van der Waals surface area contributed by atoms with Crippen LogP contribution in [0.2, 0.25) is 0 Å². The fourth-order valence-corrected chi connectivity index (χ4v) is 4.17. The Morgan fingerprint density at radius 1 is 1.38 bits per heavy atom. The molecule has 1 amide bonds. The van der Waals surface area contributed by atoms with Crippen LogP contribution in [0.1, 0.15) is 29.6 Å². The molecule has 0 N–H and O–H groups in total. The van der Waals surface area contributed by atoms with Crippen molar-refractivity contribution in [2.24, 2.45) is 5.41 Å². The number of ether oxygens (including phenoxy) is 4. The van der Waals surface area contributed by atoms with Gasteiger partial charge in [0.05, 0.1) is 12.7 Å². The number of methoxy groups -OCH3 is 1. The predicted octanol–water partition coefficient (Wildman–Crippen LogP) is 2.07. The van der Waals surface area contributed by atoms with E-state index in [0.717, 1.165) is 25.9 Å². The van der Waals surface area contributed by atoms with Crippen LogP contribution in [-0.4, -0.2) is 57.1 Å². The van der Waals surface area contributed by atoms with Gasteiger partial charge in [-0.15, -0.1) is 0 Å². The van der Waals surface area contributed by atoms with Gasteiger partial charge in [-0.1, -0.05) is 0 Å². The minimum Gasteiger partial charge on any atom is -0.454 e. The van der Waals surface area contributed by atoms with Crippen molar-refractivity contribution in [3.8, 4) is 11.5 Å². The van der Waals surface area contributed by atoms with E-state index in [-0.39, 0.29) is 24.2 Å². The molecule has 130 valence electrons. The predicted molar refractivity (Wildman–Crippen MR) is 86.4 cm³/mol. The second-order valence-electron chi connectivity index (χ2n) is 6.84. The first-order valence-corrected chi connectivity index (χ1v) is 8.51. The molecule has 0 saturated carbocycles. The molecule has 0 radical (unpaired) electrons. The highest BCUT2D eigenvalue weighted by Gasteiger charge is 2.47. The first-order valence-electron chi connectivity index (χ1n) is 8.51. The average Bonchev–Trinajstić information content (AvgIpc) is 3.08. The first kappa shape index (κ1) is 15.7. The number of hydrogen-bond acceptors (Lipinski definition) is 5. The van der Waals surface area contributed by atoms with Crippen LogP contribution >= 0.6 is 0 Å². The summed E-state index contributed by atoms with van der Waals surface area (Å²) in [6.07, 6.45) is 3.11. The van der Waals surface area contributed by atoms with Crippen molar-refractivity contribution < 1.29 is 23.7 Å². The highest BCUT2D eigenvalue weighted by atomic mass is 16.7. The summed E-state index contributed by atoms with van der Waals surface area (Å²) in [5.41, 5.74) is 0.555. The van der Waals surface area contributed by atoms with Gasteiger partial charge in [0.1, 0.15) is 0 Å². The number of amides is 1. The van der Waals surface area contributed by atoms with Crippen LogP contribution in [0.4, 0.5) is 0 Å². The summed E-state index contributed by atoms with van der Waals surface area (Å²) in [6.45, 7) is 3.05. The zero-order valence-corrected chi connectivity index (χ0v) is 14.0. The monoisotopic (exact) mass is 333 g/mol. The van der Waals surface area contributed by atoms with Gasteiger partial charge in [0.25, 0.3) is 5.91 Å². The SMILES string of the molecule is COC[C@@]12CCCO[C@@H]1CCN(C(=O)c1ccc3c(c1)OCO3)C2. The van der Waals surface area contributed by atoms with Crippen molar-refractivity contribution in [3.63, 3.8) is 0 Å². The maximum Gasteiger partial charge on any atom is 0.254 e. The Morgan fingerprint density at radius 2 is 2.25 bits per heavy atom. The van der Waals surface area contributed by atoms with Crippen LogP contribution in [0, 0.1) is 5.41 Å². The molecule has 0 bridgehead atoms. The number of likely N-dealkylation sites (tertiary alicyclic amines) is 1. The van der Waals surface area contributed by atoms with Crippen LogP contribution in [0.15, 0.2) is 18.2 Å². The zero-order chi connectivity index (χ0) is 16.6. The summed E-state index contributed by atoms with van der Waals surface area (Å²) < 4.78 is 22.2. The molecular formula is C18H23NO5. The molecule has 24 heavy (non-hydrogen) atoms. The molecule has 6 heteroatoms. The molecule has 1 aromatic carbocycles. The number of benzene rings is 1. The number of nitrogens with zero attached hydrogens (tertiary/aromatic N) is 1. The second kappa shape index (κ2) is 6.26. The first-order chi connectivity index (χ1) is 11.7. The van der Waals surface area contributed by atoms with Gasteiger partial charge in [0.15, 0.2) is 11.5 Å². The summed E-state index contributed by atoms with van der Waals surface area (Å²) in [6, 6.07) is 5.39. The molecule has 4 rings (SSSR count). The third-order valence-electron chi connectivity index (χ3n) is 5.33. The Bertz CT molecular complexity index is 630. The van der Waals surface area contributed by atoms with E-state index >= 15 is 0 Å². The molecule has 3 aliphatic heterocycles. The molecule has 3 heterocycles. The van der Waals surface area contributed by atoms with E-state index in [2.05, 4.69) is 0 Å². The fourth-order valence-electron chi connectivity index (χ4n) is 4.17. The third-order valence-corrected chi connectivity index (χ3v) is 5.33. The Labute approximate surface area is 141 Å². The van der Waals surface area contributed by atoms with Gasteiger partial charge in [-0.25, -0.2) is 0 Å². The van der Waals surface area contributed by atoms with Gasteiger partial charge in [0, 0.05) is 37.8 Å². The number of rotatable bonds is 3. The van der Waals surface area contributed by atoms with Crippen LogP contribution in [0.5, 0.6) is 11.5 Å². The van der Waals surface area contributed by atoms with Crippen molar-refractivity contribution in [1.82, 2.24) is 4.90 Å². The fraction of sp³-hybridized carbons (Fsp3) is 0.611. The largest absolute Gasteiger partial charge is 0.454 e. The number of fused-ring (bicyclic) bond motifs is 2. The zero-order valence-electron chi connectivity index (χ0n) is 14.0. The standard InChI is InChI=1S/C18H23NO5/c1-21-11-18-6-2-8-22-16(18)5-7-19(10-18)17(20)13-3-4-14-15(9-13)24-12-23-14/h3-4,9,16H,2,5-8,10-12H2,1H3/t16-,18+/m1/s1. The Balaban J connectivity index is 1.54. The number of carbonyl (C=O) groups is 1. The van der Waals surface area contributed by atoms with Crippen molar-refractivity contribution >= 4 is 5.91 Å². The normalized spacial score (nSPS) is 28.5. The van der Waals surface area contributed by atoms with Crippen molar-refractivity contribution in [1.29, 1.82) is 0 Å². The minimum absolute atomic E-state index is 0.0350. The van der Waals surface area contributed by atoms with Crippen molar-refractivity contribution in [2.45, 2.75) is 25.4 Å². The highest BCUT2D eigenvalue weighted by Crippen LogP contribution is 2.41. The third kappa shape index (κ3) is 2.63. The van der Waals surface area contributed by atoms with Crippen molar-refractivity contribution in [3.05, 3.63) is 23.8 Å². The van der Waals surface area contributed by atoms with E-state index in [4.69, 9.17) is 18.9 Å². The van der Waals surface area contributed by atoms with Gasteiger partial charge >= 0.3 is 0 Å². The number of carbonyl (C=O) groups excluding carboxylic acids is 1. The molecule has 3 aliphatic rings. The van der Waals surface area contributed by atoms with Crippen molar-refractivity contribution in [2.75, 3.05) is 40.2 Å². The maximum absolute atomic E-state index is 13.0. The van der Waals surface area contributed by atoms with Crippen LogP contribution in [-0.2, 0) is 9.47 Å². The summed E-state index contributed by atoms with van der Waals surface area (Å²) in [4.78, 5) is 14.9. The molecule has 0 aromatic heterocycles. The quantitative estimate of drug-likeness (QED) is 0.848. The van der Waals surface area contributed by atoms with E-state index in [1.807, 2.05) is 11.0 Å². The molecule has 2 saturated heterocycles. The molecule has 6 nitrogen and oxygen atoms in total. The lowest BCUT2D eigenvalue weighted by atomic mass is 9.73. The van der Waals surface area contributed by atoms with E-state index < -0.39 is 0 Å². The summed E-state index contributed by atoms with van der Waals surface area (Å²) in [7, 11) is 1.72. The molecule has 0 spiro atoms. The number of hydrogen-bond donors (Lipinski definition) is 0. The lowest BCUT2D eigenvalue weighted by Crippen LogP contribution is -2.58. The van der Waals surface area contributed by atoms with Gasteiger partial charge < -0.3 is 23.8 Å². The summed E-state index contributed by atoms with van der Waals surface area (Å²) in [5, 5.41) is 0. The number of piperidine rings is 1. The van der Waals surface area contributed by atoms with Gasteiger partial charge in [-0.3, -0.25) is 4.79 Å². The molecule has 2 fully saturated rings. The lowest BCUT2D eigenvalue weighted by Gasteiger charge is -2.50. The van der Waals surface area contributed by atoms with Crippen LogP contribution < -0.4 is 9.47 Å². The van der Waals surface area contributed by atoms with E-state index in [1.165, 1.54) is 0 Å². The topological polar surface area (TPSA) is 57.2 Å². The van der Waals surface area contributed by atoms with Crippen LogP contribution in [0.25, 0.3) is 0 Å². The lowest BCUT2D eigenvalue weighted by molar-refractivity contribution is -0.142. The van der Waals surface area contributed by atoms with E-state index in [9.17, 15) is 4.79 Å². The summed E-state index contributed by atoms with van der Waals surface area (Å²) >= 11 is 0. The Hall–Kier alpha value is -1.79. The molecular weight excluding hydrogens is 310 g/mol. The minimum atomic E-state index is -0.0861. The molecule has 0 aliphatic carbocycles. The van der Waals surface area contributed by atoms with Gasteiger partial charge in [-0.2, -0.15) is 0 Å². The average molecular weight is 333 g/mol. The second-order valence-corrected chi connectivity index (χ2v) is 6.84. The smallest absolute Gasteiger partial charge is 0.254 e. The van der Waals surface area contributed by atoms with Crippen LogP contribution in [0.3, 0.4) is 0 Å².